The van der Waals surface area contributed by atoms with Crippen molar-refractivity contribution in [3.63, 3.8) is 0 Å². The second-order valence-corrected chi connectivity index (χ2v) is 19.9. The van der Waals surface area contributed by atoms with Crippen molar-refractivity contribution in [3.05, 3.63) is 102 Å². The van der Waals surface area contributed by atoms with Gasteiger partial charge in [0, 0.05) is 41.7 Å². The summed E-state index contributed by atoms with van der Waals surface area (Å²) in [6.07, 6.45) is 3.75. The molecule has 2 saturated carbocycles. The highest BCUT2D eigenvalue weighted by Crippen LogP contribution is 2.57. The Morgan fingerprint density at radius 2 is 1.71 bits per heavy atom. The van der Waals surface area contributed by atoms with Gasteiger partial charge in [-0.1, -0.05) is 80.4 Å². The lowest BCUT2D eigenvalue weighted by Crippen LogP contribution is -2.46. The molecule has 1 N–H and O–H groups in total. The summed E-state index contributed by atoms with van der Waals surface area (Å²) in [7, 11) is -3.92. The number of rotatable bonds is 10. The number of carbonyl (C=O) groups excluding carboxylic acids is 4. The van der Waals surface area contributed by atoms with Gasteiger partial charge in [0.25, 0.3) is 5.88 Å². The van der Waals surface area contributed by atoms with Crippen LogP contribution in [0.3, 0.4) is 0 Å². The summed E-state index contributed by atoms with van der Waals surface area (Å²) < 4.78 is 81.7. The number of aromatic nitrogens is 2. The number of hydrogen-bond acceptors (Lipinski definition) is 10. The number of halogens is 3. The first-order valence-electron chi connectivity index (χ1n) is 22.3. The third-order valence-corrected chi connectivity index (χ3v) is 15.2. The number of amides is 2. The van der Waals surface area contributed by atoms with Crippen LogP contribution in [0.4, 0.5) is 13.2 Å². The zero-order chi connectivity index (χ0) is 45.7. The SMILES string of the molecule is CCC(=O)c1ccc(C[C@H]2CCCCC/C=C\[C@H]3C[C@@]3(C(=O)NS(=O)(=O)C3CC3)CC(=O)[C@@H]3C[C@@H](Oc4nc(-c5ccc(C(F)(F)F)cc5)nc5c4oc4ccccc45)CN3C2=O)cc1. The van der Waals surface area contributed by atoms with Crippen LogP contribution >= 0.6 is 0 Å². The molecule has 4 heterocycles. The topological polar surface area (TPSA) is 166 Å². The third kappa shape index (κ3) is 9.18. The average molecular weight is 911 g/mol. The van der Waals surface area contributed by atoms with Crippen LogP contribution in [0.2, 0.25) is 0 Å². The maximum Gasteiger partial charge on any atom is 0.416 e. The molecule has 3 fully saturated rings. The first kappa shape index (κ1) is 44.3. The summed E-state index contributed by atoms with van der Waals surface area (Å²) in [5.41, 5.74) is 0.555. The summed E-state index contributed by atoms with van der Waals surface area (Å²) >= 11 is 0. The zero-order valence-electron chi connectivity index (χ0n) is 35.8. The van der Waals surface area contributed by atoms with E-state index in [1.807, 2.05) is 24.3 Å². The molecule has 0 bridgehead atoms. The molecule has 0 unspecified atom stereocenters. The van der Waals surface area contributed by atoms with Gasteiger partial charge in [-0.15, -0.1) is 0 Å². The molecule has 2 amide bonds. The van der Waals surface area contributed by atoms with E-state index in [2.05, 4.69) is 9.71 Å². The Balaban J connectivity index is 1.07. The second-order valence-electron chi connectivity index (χ2n) is 17.9. The summed E-state index contributed by atoms with van der Waals surface area (Å²) in [5.74, 6) is -2.28. The van der Waals surface area contributed by atoms with Crippen LogP contribution in [0.15, 0.2) is 89.4 Å². The molecule has 16 heteroatoms. The Labute approximate surface area is 374 Å². The zero-order valence-corrected chi connectivity index (χ0v) is 36.6. The van der Waals surface area contributed by atoms with Crippen LogP contribution in [-0.4, -0.2) is 70.6 Å². The van der Waals surface area contributed by atoms with E-state index in [-0.39, 0.29) is 66.3 Å². The van der Waals surface area contributed by atoms with Crippen LogP contribution in [0.5, 0.6) is 5.88 Å². The highest BCUT2D eigenvalue weighted by molar-refractivity contribution is 7.90. The van der Waals surface area contributed by atoms with Gasteiger partial charge in [-0.25, -0.2) is 13.4 Å². The Bertz CT molecular complexity index is 2800. The number of fused-ring (bicyclic) bond motifs is 5. The molecular weight excluding hydrogens is 862 g/mol. The third-order valence-electron chi connectivity index (χ3n) is 13.3. The van der Waals surface area contributed by atoms with Gasteiger partial charge in [0.1, 0.15) is 17.2 Å². The van der Waals surface area contributed by atoms with Crippen molar-refractivity contribution < 1.29 is 49.9 Å². The molecule has 2 aliphatic carbocycles. The Kier molecular flexibility index (Phi) is 11.9. The van der Waals surface area contributed by atoms with Gasteiger partial charge in [0.2, 0.25) is 27.4 Å². The Morgan fingerprint density at radius 1 is 0.954 bits per heavy atom. The quantitative estimate of drug-likeness (QED) is 0.106. The highest BCUT2D eigenvalue weighted by Gasteiger charge is 2.61. The fourth-order valence-electron chi connectivity index (χ4n) is 9.38. The normalized spacial score (nSPS) is 24.8. The van der Waals surface area contributed by atoms with Crippen molar-refractivity contribution in [2.75, 3.05) is 6.54 Å². The van der Waals surface area contributed by atoms with E-state index in [0.29, 0.717) is 54.2 Å². The minimum absolute atomic E-state index is 0.00429. The molecule has 12 nitrogen and oxygen atoms in total. The van der Waals surface area contributed by atoms with Crippen molar-refractivity contribution in [1.82, 2.24) is 19.6 Å². The van der Waals surface area contributed by atoms with E-state index in [4.69, 9.17) is 14.1 Å². The van der Waals surface area contributed by atoms with Gasteiger partial charge >= 0.3 is 6.18 Å². The van der Waals surface area contributed by atoms with Crippen molar-refractivity contribution in [1.29, 1.82) is 0 Å². The molecule has 3 aromatic carbocycles. The number of furan rings is 1. The number of allylic oxidation sites excluding steroid dienone is 2. The predicted octanol–water partition coefficient (Wildman–Crippen LogP) is 8.96. The van der Waals surface area contributed by atoms with Crippen LogP contribution in [0, 0.1) is 17.3 Å². The minimum Gasteiger partial charge on any atom is -0.470 e. The van der Waals surface area contributed by atoms with Gasteiger partial charge in [-0.2, -0.15) is 18.2 Å². The van der Waals surface area contributed by atoms with E-state index in [0.717, 1.165) is 43.4 Å². The molecule has 2 aliphatic heterocycles. The number of alkyl halides is 3. The van der Waals surface area contributed by atoms with Crippen molar-refractivity contribution in [3.8, 4) is 17.3 Å². The van der Waals surface area contributed by atoms with Gasteiger partial charge < -0.3 is 14.1 Å². The standard InChI is InChI=1S/C49H49F3N4O8S/c1-2-39(57)30-16-14-29(15-17-30)24-32-10-6-4-3-5-7-11-34-26-48(34,47(60)55-65(61,62)36-22-23-36)27-40(58)38-25-35(28-56(38)46(32)59)63-45-43-42(37-12-8-9-13-41(37)64-43)53-44(54-45)31-18-20-33(21-19-31)49(50,51)52/h7-9,11-21,32,34-36,38H,2-6,10,22-28H2,1H3,(H,55,60)/b11-7-/t32-,34+,35-,38+,48-/m1/s1. The molecule has 2 aromatic heterocycles. The van der Waals surface area contributed by atoms with Gasteiger partial charge in [0.05, 0.1) is 28.8 Å². The molecule has 4 aliphatic rings. The first-order chi connectivity index (χ1) is 31.1. The number of benzene rings is 3. The number of carbonyl (C=O) groups is 4. The van der Waals surface area contributed by atoms with E-state index < -0.39 is 62.2 Å². The first-order valence-corrected chi connectivity index (χ1v) is 23.9. The number of nitrogens with one attached hydrogen (secondary N) is 1. The summed E-state index contributed by atoms with van der Waals surface area (Å²) in [5, 5.41) is -0.0305. The molecular formula is C49H49F3N4O8S. The highest BCUT2D eigenvalue weighted by atomic mass is 32.2. The molecule has 1 saturated heterocycles. The van der Waals surface area contributed by atoms with Crippen LogP contribution < -0.4 is 9.46 Å². The van der Waals surface area contributed by atoms with E-state index in [1.165, 1.54) is 17.0 Å². The van der Waals surface area contributed by atoms with Gasteiger partial charge in [-0.3, -0.25) is 23.9 Å². The summed E-state index contributed by atoms with van der Waals surface area (Å²) in [4.78, 5) is 67.2. The fourth-order valence-corrected chi connectivity index (χ4v) is 10.8. The maximum atomic E-state index is 15.0. The molecule has 65 heavy (non-hydrogen) atoms. The van der Waals surface area contributed by atoms with Crippen molar-refractivity contribution >= 4 is 55.5 Å². The molecule has 0 spiro atoms. The predicted molar refractivity (Wildman–Crippen MR) is 235 cm³/mol. The molecule has 5 aromatic rings. The lowest BCUT2D eigenvalue weighted by atomic mass is 9.89. The smallest absolute Gasteiger partial charge is 0.416 e. The summed E-state index contributed by atoms with van der Waals surface area (Å²) in [6, 6.07) is 17.7. The monoisotopic (exact) mass is 910 g/mol. The van der Waals surface area contributed by atoms with Crippen LogP contribution in [0.1, 0.15) is 99.0 Å². The largest absolute Gasteiger partial charge is 0.470 e. The number of hydrogen-bond donors (Lipinski definition) is 1. The number of ketones is 2. The summed E-state index contributed by atoms with van der Waals surface area (Å²) in [6.45, 7) is 1.75. The maximum absolute atomic E-state index is 15.0. The molecule has 340 valence electrons. The van der Waals surface area contributed by atoms with Gasteiger partial charge in [-0.05, 0) is 80.7 Å². The van der Waals surface area contributed by atoms with Gasteiger partial charge in [0.15, 0.2) is 17.4 Å². The Morgan fingerprint density at radius 3 is 2.43 bits per heavy atom. The number of ether oxygens (including phenoxy) is 1. The second kappa shape index (κ2) is 17.5. The van der Waals surface area contributed by atoms with Crippen molar-refractivity contribution in [2.24, 2.45) is 17.3 Å². The number of Topliss-reactive ketones (excluding diaryl/α,β-unsaturated/α-hetero) is 2. The van der Waals surface area contributed by atoms with Crippen molar-refractivity contribution in [2.45, 2.75) is 108 Å². The molecule has 5 atom stereocenters. The average Bonchev–Trinajstić information content (AvgIpc) is 4.19. The van der Waals surface area contributed by atoms with E-state index >= 15 is 4.79 Å². The van der Waals surface area contributed by atoms with Crippen LogP contribution in [-0.2, 0) is 37.0 Å². The Hall–Kier alpha value is -5.90. The van der Waals surface area contributed by atoms with Crippen LogP contribution in [0.25, 0.3) is 33.5 Å². The van der Waals surface area contributed by atoms with E-state index in [9.17, 15) is 36.0 Å². The number of sulfonamides is 1. The molecule has 0 radical (unpaired) electrons. The lowest BCUT2D eigenvalue weighted by Gasteiger charge is -2.29. The lowest BCUT2D eigenvalue weighted by molar-refractivity contribution is -0.142. The minimum atomic E-state index is -4.55. The number of para-hydroxylation sites is 1. The number of nitrogens with zero attached hydrogens (tertiary/aromatic N) is 3. The molecule has 9 rings (SSSR count). The van der Waals surface area contributed by atoms with E-state index in [1.54, 1.807) is 43.3 Å². The fraction of sp³-hybridized carbons (Fsp3) is 0.429.